The molecular weight excluding hydrogens is 186 g/mol. The van der Waals surface area contributed by atoms with Gasteiger partial charge in [-0.3, -0.25) is 5.10 Å². The number of aromatic nitrogens is 3. The van der Waals surface area contributed by atoms with Gasteiger partial charge < -0.3 is 0 Å². The number of aryl methyl sites for hydroxylation is 1. The molecule has 0 atom stereocenters. The van der Waals surface area contributed by atoms with Crippen molar-refractivity contribution in [3.63, 3.8) is 0 Å². The summed E-state index contributed by atoms with van der Waals surface area (Å²) in [5.41, 5.74) is 3.52. The number of pyridine rings is 1. The lowest BCUT2D eigenvalue weighted by Crippen LogP contribution is -2.15. The highest BCUT2D eigenvalue weighted by atomic mass is 15.1. The van der Waals surface area contributed by atoms with E-state index < -0.39 is 0 Å². The molecule has 0 spiro atoms. The van der Waals surface area contributed by atoms with Crippen LogP contribution in [0, 0.1) is 0 Å². The lowest BCUT2D eigenvalue weighted by atomic mass is 9.85. The number of nitrogens with one attached hydrogen (secondary N) is 1. The topological polar surface area (TPSA) is 41.6 Å². The van der Waals surface area contributed by atoms with Gasteiger partial charge in [0.15, 0.2) is 5.65 Å². The third-order valence-corrected chi connectivity index (χ3v) is 2.65. The molecule has 1 N–H and O–H groups in total. The van der Waals surface area contributed by atoms with Crippen molar-refractivity contribution >= 4 is 11.0 Å². The number of fused-ring (bicyclic) bond motifs is 1. The first kappa shape index (κ1) is 10.1. The molecule has 0 fully saturated rings. The highest BCUT2D eigenvalue weighted by molar-refractivity contribution is 5.75. The van der Waals surface area contributed by atoms with Gasteiger partial charge in [0.1, 0.15) is 0 Å². The Labute approximate surface area is 89.9 Å². The average Bonchev–Trinajstić information content (AvgIpc) is 2.60. The molecule has 3 nitrogen and oxygen atoms in total. The Balaban J connectivity index is 2.70. The summed E-state index contributed by atoms with van der Waals surface area (Å²) in [6.07, 6.45) is 2.79. The van der Waals surface area contributed by atoms with Crippen LogP contribution in [0.25, 0.3) is 11.0 Å². The summed E-state index contributed by atoms with van der Waals surface area (Å²) in [5, 5.41) is 8.02. The van der Waals surface area contributed by atoms with Crippen LogP contribution in [0.1, 0.15) is 39.0 Å². The minimum atomic E-state index is 0.143. The third kappa shape index (κ3) is 1.74. The van der Waals surface area contributed by atoms with Gasteiger partial charge in [0.05, 0.1) is 6.20 Å². The minimum absolute atomic E-state index is 0.143. The van der Waals surface area contributed by atoms with Crippen LogP contribution >= 0.6 is 0 Å². The van der Waals surface area contributed by atoms with Crippen LogP contribution in [0.2, 0.25) is 0 Å². The molecule has 80 valence electrons. The van der Waals surface area contributed by atoms with Crippen LogP contribution in [0.3, 0.4) is 0 Å². The number of hydrogen-bond donors (Lipinski definition) is 1. The first-order valence-electron chi connectivity index (χ1n) is 5.36. The molecule has 0 radical (unpaired) electrons. The maximum atomic E-state index is 4.60. The Morgan fingerprint density at radius 3 is 2.67 bits per heavy atom. The number of hydrogen-bond acceptors (Lipinski definition) is 2. The third-order valence-electron chi connectivity index (χ3n) is 2.65. The molecule has 0 aromatic carbocycles. The van der Waals surface area contributed by atoms with Crippen molar-refractivity contribution in [1.29, 1.82) is 0 Å². The molecule has 2 aromatic rings. The predicted octanol–water partition coefficient (Wildman–Crippen LogP) is 2.82. The second kappa shape index (κ2) is 3.33. The first-order valence-corrected chi connectivity index (χ1v) is 5.36. The number of aromatic amines is 1. The summed E-state index contributed by atoms with van der Waals surface area (Å²) in [7, 11) is 0. The number of nitrogens with zero attached hydrogens (tertiary/aromatic N) is 2. The normalized spacial score (nSPS) is 12.3. The summed E-state index contributed by atoms with van der Waals surface area (Å²) in [5.74, 6) is 0. The highest BCUT2D eigenvalue weighted by Gasteiger charge is 2.19. The zero-order chi connectivity index (χ0) is 11.1. The van der Waals surface area contributed by atoms with Crippen LogP contribution in [-0.2, 0) is 11.8 Å². The molecule has 0 saturated carbocycles. The van der Waals surface area contributed by atoms with Gasteiger partial charge >= 0.3 is 0 Å². The summed E-state index contributed by atoms with van der Waals surface area (Å²) >= 11 is 0. The van der Waals surface area contributed by atoms with Gasteiger partial charge in [-0.2, -0.15) is 5.10 Å². The predicted molar refractivity (Wildman–Crippen MR) is 62.0 cm³/mol. The molecule has 15 heavy (non-hydrogen) atoms. The van der Waals surface area contributed by atoms with E-state index in [4.69, 9.17) is 0 Å². The molecule has 0 aliphatic carbocycles. The van der Waals surface area contributed by atoms with Gasteiger partial charge in [0, 0.05) is 11.1 Å². The molecule has 2 aromatic heterocycles. The van der Waals surface area contributed by atoms with E-state index >= 15 is 0 Å². The van der Waals surface area contributed by atoms with Crippen molar-refractivity contribution < 1.29 is 0 Å². The maximum Gasteiger partial charge on any atom is 0.155 e. The van der Waals surface area contributed by atoms with Crippen molar-refractivity contribution in [2.45, 2.75) is 39.5 Å². The lowest BCUT2D eigenvalue weighted by molar-refractivity contribution is 0.580. The Kier molecular flexibility index (Phi) is 2.25. The smallest absolute Gasteiger partial charge is 0.155 e. The van der Waals surface area contributed by atoms with E-state index in [9.17, 15) is 0 Å². The second-order valence-corrected chi connectivity index (χ2v) is 4.89. The van der Waals surface area contributed by atoms with Gasteiger partial charge in [0.25, 0.3) is 0 Å². The summed E-state index contributed by atoms with van der Waals surface area (Å²) in [6.45, 7) is 8.79. The first-order chi connectivity index (χ1) is 7.02. The molecule has 0 bridgehead atoms. The summed E-state index contributed by atoms with van der Waals surface area (Å²) < 4.78 is 0. The van der Waals surface area contributed by atoms with Crippen LogP contribution in [0.4, 0.5) is 0 Å². The minimum Gasteiger partial charge on any atom is -0.261 e. The largest absolute Gasteiger partial charge is 0.261 e. The molecule has 0 aliphatic rings. The molecule has 0 saturated heterocycles. The molecule has 0 aliphatic heterocycles. The number of H-pyrrole nitrogens is 1. The van der Waals surface area contributed by atoms with E-state index in [-0.39, 0.29) is 5.41 Å². The van der Waals surface area contributed by atoms with E-state index in [2.05, 4.69) is 48.9 Å². The van der Waals surface area contributed by atoms with Gasteiger partial charge in [-0.15, -0.1) is 0 Å². The monoisotopic (exact) mass is 203 g/mol. The van der Waals surface area contributed by atoms with Crippen molar-refractivity contribution in [3.05, 3.63) is 23.5 Å². The fourth-order valence-electron chi connectivity index (χ4n) is 1.84. The van der Waals surface area contributed by atoms with Crippen LogP contribution in [0.5, 0.6) is 0 Å². The number of rotatable bonds is 1. The van der Waals surface area contributed by atoms with E-state index in [1.54, 1.807) is 0 Å². The van der Waals surface area contributed by atoms with Crippen molar-refractivity contribution in [1.82, 2.24) is 15.2 Å². The lowest BCUT2D eigenvalue weighted by Gasteiger charge is -2.21. The van der Waals surface area contributed by atoms with E-state index in [0.717, 1.165) is 17.5 Å². The molecule has 2 heterocycles. The Morgan fingerprint density at radius 2 is 2.07 bits per heavy atom. The van der Waals surface area contributed by atoms with Gasteiger partial charge in [-0.25, -0.2) is 4.98 Å². The molecular formula is C12H17N3. The van der Waals surface area contributed by atoms with E-state index in [1.165, 1.54) is 11.3 Å². The maximum absolute atomic E-state index is 4.60. The van der Waals surface area contributed by atoms with Crippen LogP contribution < -0.4 is 0 Å². The van der Waals surface area contributed by atoms with Crippen molar-refractivity contribution in [2.24, 2.45) is 0 Å². The molecule has 0 amide bonds. The van der Waals surface area contributed by atoms with Crippen LogP contribution in [0.15, 0.2) is 12.3 Å². The Morgan fingerprint density at radius 1 is 1.33 bits per heavy atom. The zero-order valence-electron chi connectivity index (χ0n) is 9.76. The summed E-state index contributed by atoms with van der Waals surface area (Å²) in [6, 6.07) is 2.20. The highest BCUT2D eigenvalue weighted by Crippen LogP contribution is 2.27. The standard InChI is InChI=1S/C12H17N3/c1-5-10-9(12(2,3)4)6-8-7-13-15-11(8)14-10/h6-7H,5H2,1-4H3,(H,13,14,15). The molecule has 3 heteroatoms. The Bertz CT molecular complexity index is 477. The average molecular weight is 203 g/mol. The SMILES string of the molecule is CCc1nc2[nH]ncc2cc1C(C)(C)C. The van der Waals surface area contributed by atoms with Gasteiger partial charge in [-0.1, -0.05) is 27.7 Å². The van der Waals surface area contributed by atoms with Crippen LogP contribution in [-0.4, -0.2) is 15.2 Å². The fourth-order valence-corrected chi connectivity index (χ4v) is 1.84. The van der Waals surface area contributed by atoms with E-state index in [0.29, 0.717) is 0 Å². The quantitative estimate of drug-likeness (QED) is 0.774. The van der Waals surface area contributed by atoms with Gasteiger partial charge in [0.2, 0.25) is 0 Å². The second-order valence-electron chi connectivity index (χ2n) is 4.89. The van der Waals surface area contributed by atoms with E-state index in [1.807, 2.05) is 6.20 Å². The van der Waals surface area contributed by atoms with Crippen molar-refractivity contribution in [2.75, 3.05) is 0 Å². The zero-order valence-corrected chi connectivity index (χ0v) is 9.76. The van der Waals surface area contributed by atoms with Gasteiger partial charge in [-0.05, 0) is 23.5 Å². The molecule has 0 unspecified atom stereocenters. The fraction of sp³-hybridized carbons (Fsp3) is 0.500. The van der Waals surface area contributed by atoms with Crippen molar-refractivity contribution in [3.8, 4) is 0 Å². The molecule has 2 rings (SSSR count). The summed E-state index contributed by atoms with van der Waals surface area (Å²) in [4.78, 5) is 4.60. The Hall–Kier alpha value is -1.38.